The van der Waals surface area contributed by atoms with Gasteiger partial charge in [0.2, 0.25) is 11.7 Å². The second-order valence-corrected chi connectivity index (χ2v) is 9.35. The molecule has 1 saturated heterocycles. The molecule has 5 rings (SSSR count). The summed E-state index contributed by atoms with van der Waals surface area (Å²) in [6.07, 6.45) is -4.15. The van der Waals surface area contributed by atoms with Crippen LogP contribution >= 0.6 is 0 Å². The lowest BCUT2D eigenvalue weighted by Gasteiger charge is -2.35. The fourth-order valence-electron chi connectivity index (χ4n) is 4.63. The normalized spacial score (nSPS) is 14.4. The molecule has 0 saturated carbocycles. The molecule has 1 aliphatic heterocycles. The molecule has 0 unspecified atom stereocenters. The zero-order chi connectivity index (χ0) is 27.4. The Morgan fingerprint density at radius 2 is 1.69 bits per heavy atom. The summed E-state index contributed by atoms with van der Waals surface area (Å²) in [5.74, 6) is 1.12. The van der Waals surface area contributed by atoms with Crippen LogP contribution in [0.2, 0.25) is 0 Å². The van der Waals surface area contributed by atoms with E-state index in [0.717, 1.165) is 36.3 Å². The molecule has 1 amide bonds. The highest BCUT2D eigenvalue weighted by Crippen LogP contribution is 2.32. The van der Waals surface area contributed by atoms with Crippen LogP contribution in [0.25, 0.3) is 22.8 Å². The summed E-state index contributed by atoms with van der Waals surface area (Å²) in [4.78, 5) is 21.3. The highest BCUT2D eigenvalue weighted by Gasteiger charge is 2.31. The van der Waals surface area contributed by atoms with Crippen molar-refractivity contribution in [3.63, 3.8) is 0 Å². The van der Waals surface area contributed by atoms with Crippen molar-refractivity contribution in [3.8, 4) is 28.6 Å². The van der Waals surface area contributed by atoms with Gasteiger partial charge in [-0.15, -0.1) is 0 Å². The van der Waals surface area contributed by atoms with Gasteiger partial charge in [0, 0.05) is 49.4 Å². The Bertz CT molecular complexity index is 1450. The monoisotopic (exact) mass is 536 g/mol. The average Bonchev–Trinajstić information content (AvgIpc) is 3.44. The van der Waals surface area contributed by atoms with E-state index >= 15 is 0 Å². The zero-order valence-electron chi connectivity index (χ0n) is 21.3. The number of rotatable bonds is 7. The van der Waals surface area contributed by atoms with Gasteiger partial charge in [-0.2, -0.15) is 18.2 Å². The smallest absolute Gasteiger partial charge is 0.416 e. The molecule has 3 aromatic carbocycles. The third-order valence-electron chi connectivity index (χ3n) is 6.71. The van der Waals surface area contributed by atoms with E-state index < -0.39 is 11.7 Å². The van der Waals surface area contributed by atoms with Crippen molar-refractivity contribution < 1.29 is 27.2 Å². The molecular weight excluding hydrogens is 509 g/mol. The van der Waals surface area contributed by atoms with Gasteiger partial charge in [-0.3, -0.25) is 9.69 Å². The summed E-state index contributed by atoms with van der Waals surface area (Å²) in [6.45, 7) is 3.44. The largest absolute Gasteiger partial charge is 0.496 e. The Hall–Kier alpha value is -4.18. The minimum absolute atomic E-state index is 0.0235. The molecule has 0 aliphatic carbocycles. The molecule has 39 heavy (non-hydrogen) atoms. The maximum absolute atomic E-state index is 13.1. The van der Waals surface area contributed by atoms with Crippen molar-refractivity contribution in [1.29, 1.82) is 0 Å². The van der Waals surface area contributed by atoms with Crippen molar-refractivity contribution >= 4 is 5.91 Å². The molecule has 202 valence electrons. The number of ether oxygens (including phenoxy) is 1. The van der Waals surface area contributed by atoms with Gasteiger partial charge in [0.1, 0.15) is 5.75 Å². The Morgan fingerprint density at radius 3 is 2.46 bits per heavy atom. The van der Waals surface area contributed by atoms with Gasteiger partial charge in [-0.05, 0) is 35.9 Å². The van der Waals surface area contributed by atoms with E-state index in [2.05, 4.69) is 15.0 Å². The maximum atomic E-state index is 13.1. The Labute approximate surface area is 223 Å². The molecule has 4 aromatic rings. The van der Waals surface area contributed by atoms with Crippen LogP contribution in [0.4, 0.5) is 13.2 Å². The minimum atomic E-state index is -4.46. The van der Waals surface area contributed by atoms with Crippen molar-refractivity contribution in [2.75, 3.05) is 33.3 Å². The van der Waals surface area contributed by atoms with Crippen molar-refractivity contribution in [2.24, 2.45) is 0 Å². The third-order valence-corrected chi connectivity index (χ3v) is 6.71. The zero-order valence-corrected chi connectivity index (χ0v) is 21.3. The molecule has 0 N–H and O–H groups in total. The number of para-hydroxylation sites is 1. The van der Waals surface area contributed by atoms with Gasteiger partial charge in [0.15, 0.2) is 0 Å². The molecular formula is C29H27F3N4O3. The molecule has 7 nitrogen and oxygen atoms in total. The van der Waals surface area contributed by atoms with E-state index in [1.165, 1.54) is 12.1 Å². The van der Waals surface area contributed by atoms with Gasteiger partial charge in [-0.1, -0.05) is 47.6 Å². The molecule has 1 aromatic heterocycles. The van der Waals surface area contributed by atoms with Crippen LogP contribution in [-0.4, -0.2) is 59.1 Å². The predicted molar refractivity (Wildman–Crippen MR) is 139 cm³/mol. The van der Waals surface area contributed by atoms with Crippen molar-refractivity contribution in [1.82, 2.24) is 19.9 Å². The lowest BCUT2D eigenvalue weighted by atomic mass is 10.1. The summed E-state index contributed by atoms with van der Waals surface area (Å²) in [5.41, 5.74) is 2.05. The van der Waals surface area contributed by atoms with E-state index in [9.17, 15) is 18.0 Å². The topological polar surface area (TPSA) is 71.7 Å². The van der Waals surface area contributed by atoms with Crippen LogP contribution in [0.5, 0.6) is 5.75 Å². The van der Waals surface area contributed by atoms with E-state index in [1.807, 2.05) is 53.4 Å². The molecule has 10 heteroatoms. The van der Waals surface area contributed by atoms with Crippen LogP contribution in [-0.2, 0) is 23.9 Å². The van der Waals surface area contributed by atoms with E-state index in [1.54, 1.807) is 7.11 Å². The summed E-state index contributed by atoms with van der Waals surface area (Å²) in [5, 5.41) is 3.98. The molecule has 0 bridgehead atoms. The Morgan fingerprint density at radius 1 is 0.949 bits per heavy atom. The molecule has 0 spiro atoms. The standard InChI is InChI=1S/C29H27F3N4O3/c1-38-25-11-3-2-7-21(25)18-26(37)36-14-12-35(13-15-36)19-20-6-4-8-22(16-20)27-33-28(39-34-27)23-9-5-10-24(17-23)29(30,31)32/h2-11,16-17H,12-15,18-19H2,1H3. The SMILES string of the molecule is COc1ccccc1CC(=O)N1CCN(Cc2cccc(-c3noc(-c4cccc(C(F)(F)F)c4)n3)c2)CC1. The first-order valence-corrected chi connectivity index (χ1v) is 12.5. The number of alkyl halides is 3. The van der Waals surface area contributed by atoms with Crippen LogP contribution in [0.3, 0.4) is 0 Å². The van der Waals surface area contributed by atoms with Crippen LogP contribution < -0.4 is 4.74 Å². The summed E-state index contributed by atoms with van der Waals surface area (Å²) in [7, 11) is 1.60. The maximum Gasteiger partial charge on any atom is 0.416 e. The number of benzene rings is 3. The minimum Gasteiger partial charge on any atom is -0.496 e. The predicted octanol–water partition coefficient (Wildman–Crippen LogP) is 5.32. The van der Waals surface area contributed by atoms with Gasteiger partial charge in [0.25, 0.3) is 5.89 Å². The lowest BCUT2D eigenvalue weighted by molar-refractivity contribution is -0.137. The number of aromatic nitrogens is 2. The summed E-state index contributed by atoms with van der Waals surface area (Å²) < 4.78 is 49.9. The number of piperazine rings is 1. The molecule has 0 radical (unpaired) electrons. The molecule has 1 fully saturated rings. The summed E-state index contributed by atoms with van der Waals surface area (Å²) >= 11 is 0. The Balaban J connectivity index is 1.19. The summed E-state index contributed by atoms with van der Waals surface area (Å²) in [6, 6.07) is 20.0. The van der Waals surface area contributed by atoms with Gasteiger partial charge in [-0.25, -0.2) is 0 Å². The molecule has 1 aliphatic rings. The number of amides is 1. The second-order valence-electron chi connectivity index (χ2n) is 9.35. The number of nitrogens with zero attached hydrogens (tertiary/aromatic N) is 4. The van der Waals surface area contributed by atoms with E-state index in [-0.39, 0.29) is 17.4 Å². The van der Waals surface area contributed by atoms with Crippen LogP contribution in [0, 0.1) is 0 Å². The second kappa shape index (κ2) is 11.3. The van der Waals surface area contributed by atoms with Gasteiger partial charge >= 0.3 is 6.18 Å². The lowest BCUT2D eigenvalue weighted by Crippen LogP contribution is -2.48. The first-order chi connectivity index (χ1) is 18.8. The number of hydrogen-bond acceptors (Lipinski definition) is 6. The highest BCUT2D eigenvalue weighted by atomic mass is 19.4. The fraction of sp³-hybridized carbons (Fsp3) is 0.276. The van der Waals surface area contributed by atoms with E-state index in [4.69, 9.17) is 9.26 Å². The first kappa shape index (κ1) is 26.4. The first-order valence-electron chi connectivity index (χ1n) is 12.5. The van der Waals surface area contributed by atoms with Crippen molar-refractivity contribution in [2.45, 2.75) is 19.1 Å². The van der Waals surface area contributed by atoms with Crippen LogP contribution in [0.15, 0.2) is 77.3 Å². The Kier molecular flexibility index (Phi) is 7.65. The van der Waals surface area contributed by atoms with Gasteiger partial charge < -0.3 is 14.2 Å². The quantitative estimate of drug-likeness (QED) is 0.319. The molecule has 2 heterocycles. The number of hydrogen-bond donors (Lipinski definition) is 0. The number of methoxy groups -OCH3 is 1. The third kappa shape index (κ3) is 6.28. The molecule has 0 atom stereocenters. The van der Waals surface area contributed by atoms with Gasteiger partial charge in [0.05, 0.1) is 19.1 Å². The van der Waals surface area contributed by atoms with Crippen molar-refractivity contribution in [3.05, 3.63) is 89.5 Å². The highest BCUT2D eigenvalue weighted by molar-refractivity contribution is 5.79. The average molecular weight is 537 g/mol. The van der Waals surface area contributed by atoms with E-state index in [0.29, 0.717) is 43.2 Å². The number of carbonyl (C=O) groups is 1. The fourth-order valence-corrected chi connectivity index (χ4v) is 4.63. The number of halogens is 3. The number of carbonyl (C=O) groups excluding carboxylic acids is 1. The van der Waals surface area contributed by atoms with Crippen LogP contribution in [0.1, 0.15) is 16.7 Å².